The van der Waals surface area contributed by atoms with Crippen LogP contribution in [-0.2, 0) is 10.3 Å². The van der Waals surface area contributed by atoms with Gasteiger partial charge >= 0.3 is 6.09 Å². The minimum atomic E-state index is -1.05. The Morgan fingerprint density at radius 2 is 1.92 bits per heavy atom. The van der Waals surface area contributed by atoms with Gasteiger partial charge in [0.2, 0.25) is 5.28 Å². The summed E-state index contributed by atoms with van der Waals surface area (Å²) in [4.78, 5) is 24.1. The van der Waals surface area contributed by atoms with Crippen LogP contribution in [0, 0.1) is 0 Å². The van der Waals surface area contributed by atoms with E-state index in [9.17, 15) is 9.90 Å². The van der Waals surface area contributed by atoms with E-state index in [1.165, 1.54) is 16.2 Å². The number of ether oxygens (including phenoxy) is 1. The smallest absolute Gasteiger partial charge is 0.407 e. The Balaban J connectivity index is 1.68. The van der Waals surface area contributed by atoms with Crippen LogP contribution in [0.5, 0.6) is 0 Å². The standard InChI is InChI=1S/C16H19ClN4O4S/c17-14-18-10-9-11(16(24)1-3-21(4-2-16)15(22)23)26-12(10)13(19-14)20-5-7-25-8-6-20/h9,24H,1-8H2,(H,22,23). The summed E-state index contributed by atoms with van der Waals surface area (Å²) in [6, 6.07) is 1.86. The molecule has 2 saturated heterocycles. The molecule has 0 aliphatic carbocycles. The molecule has 0 saturated carbocycles. The van der Waals surface area contributed by atoms with E-state index in [0.29, 0.717) is 44.7 Å². The highest BCUT2D eigenvalue weighted by molar-refractivity contribution is 7.19. The molecule has 0 spiro atoms. The number of thiophene rings is 1. The minimum Gasteiger partial charge on any atom is -0.465 e. The topological polar surface area (TPSA) is 99.0 Å². The first kappa shape index (κ1) is 17.7. The normalized spacial score (nSPS) is 20.5. The van der Waals surface area contributed by atoms with E-state index in [1.807, 2.05) is 6.07 Å². The van der Waals surface area contributed by atoms with Crippen LogP contribution in [0.4, 0.5) is 10.6 Å². The molecule has 0 atom stereocenters. The van der Waals surface area contributed by atoms with Crippen molar-refractivity contribution in [1.82, 2.24) is 14.9 Å². The quantitative estimate of drug-likeness (QED) is 0.747. The van der Waals surface area contributed by atoms with Crippen LogP contribution >= 0.6 is 22.9 Å². The Hall–Kier alpha value is -1.68. The first-order valence-corrected chi connectivity index (χ1v) is 9.66. The molecule has 2 aliphatic rings. The van der Waals surface area contributed by atoms with Crippen LogP contribution in [0.15, 0.2) is 6.07 Å². The van der Waals surface area contributed by atoms with Gasteiger partial charge in [-0.15, -0.1) is 11.3 Å². The molecule has 0 unspecified atom stereocenters. The van der Waals surface area contributed by atoms with Crippen molar-refractivity contribution in [2.24, 2.45) is 0 Å². The van der Waals surface area contributed by atoms with E-state index >= 15 is 0 Å². The van der Waals surface area contributed by atoms with Gasteiger partial charge in [-0.3, -0.25) is 0 Å². The summed E-state index contributed by atoms with van der Waals surface area (Å²) in [5.41, 5.74) is -0.341. The second-order valence-electron chi connectivity index (χ2n) is 6.54. The summed E-state index contributed by atoms with van der Waals surface area (Å²) in [6.45, 7) is 3.35. The van der Waals surface area contributed by atoms with Crippen molar-refractivity contribution in [3.8, 4) is 0 Å². The van der Waals surface area contributed by atoms with Crippen molar-refractivity contribution < 1.29 is 19.7 Å². The third-order valence-electron chi connectivity index (χ3n) is 4.96. The molecule has 0 radical (unpaired) electrons. The molecular formula is C16H19ClN4O4S. The van der Waals surface area contributed by atoms with Crippen molar-refractivity contribution in [3.63, 3.8) is 0 Å². The number of halogens is 1. The molecule has 8 nitrogen and oxygen atoms in total. The number of nitrogens with zero attached hydrogens (tertiary/aromatic N) is 4. The molecule has 140 valence electrons. The third-order valence-corrected chi connectivity index (χ3v) is 6.44. The Morgan fingerprint density at radius 3 is 2.58 bits per heavy atom. The van der Waals surface area contributed by atoms with Crippen LogP contribution in [0.2, 0.25) is 5.28 Å². The fourth-order valence-corrected chi connectivity index (χ4v) is 4.85. The SMILES string of the molecule is O=C(O)N1CCC(O)(c2cc3nc(Cl)nc(N4CCOCC4)c3s2)CC1. The predicted molar refractivity (Wildman–Crippen MR) is 98.2 cm³/mol. The molecule has 1 amide bonds. The number of aliphatic hydroxyl groups is 1. The summed E-state index contributed by atoms with van der Waals surface area (Å²) in [5.74, 6) is 0.770. The van der Waals surface area contributed by atoms with E-state index in [2.05, 4.69) is 14.9 Å². The Bertz CT molecular complexity index is 831. The van der Waals surface area contributed by atoms with Gasteiger partial charge in [0.15, 0.2) is 5.82 Å². The molecule has 0 aromatic carbocycles. The molecule has 4 heterocycles. The molecular weight excluding hydrogens is 380 g/mol. The number of amides is 1. The number of aromatic nitrogens is 2. The molecule has 26 heavy (non-hydrogen) atoms. The molecule has 2 aliphatic heterocycles. The lowest BCUT2D eigenvalue weighted by Gasteiger charge is -2.36. The lowest BCUT2D eigenvalue weighted by molar-refractivity contribution is -0.0183. The number of rotatable bonds is 2. The monoisotopic (exact) mass is 398 g/mol. The maximum Gasteiger partial charge on any atom is 0.407 e. The summed E-state index contributed by atoms with van der Waals surface area (Å²) < 4.78 is 6.29. The summed E-state index contributed by atoms with van der Waals surface area (Å²) in [7, 11) is 0. The molecule has 10 heteroatoms. The maximum atomic E-state index is 11.1. The third kappa shape index (κ3) is 3.20. The Morgan fingerprint density at radius 1 is 1.23 bits per heavy atom. The number of likely N-dealkylation sites (tertiary alicyclic amines) is 1. The van der Waals surface area contributed by atoms with Gasteiger partial charge in [0.25, 0.3) is 0 Å². The van der Waals surface area contributed by atoms with E-state index in [4.69, 9.17) is 21.4 Å². The first-order chi connectivity index (χ1) is 12.5. The zero-order chi connectivity index (χ0) is 18.3. The Kier molecular flexibility index (Phi) is 4.64. The molecule has 2 aromatic rings. The van der Waals surface area contributed by atoms with E-state index in [1.54, 1.807) is 0 Å². The van der Waals surface area contributed by atoms with Crippen molar-refractivity contribution in [3.05, 3.63) is 16.2 Å². The first-order valence-electron chi connectivity index (χ1n) is 8.47. The number of fused-ring (bicyclic) bond motifs is 1. The van der Waals surface area contributed by atoms with Gasteiger partial charge in [-0.2, -0.15) is 4.98 Å². The minimum absolute atomic E-state index is 0.177. The highest BCUT2D eigenvalue weighted by Gasteiger charge is 2.37. The van der Waals surface area contributed by atoms with E-state index in [0.717, 1.165) is 28.5 Å². The number of carbonyl (C=O) groups is 1. The lowest BCUT2D eigenvalue weighted by Crippen LogP contribution is -2.44. The van der Waals surface area contributed by atoms with Crippen LogP contribution < -0.4 is 4.90 Å². The number of carboxylic acid groups (broad SMARTS) is 1. The summed E-state index contributed by atoms with van der Waals surface area (Å²) in [5, 5.41) is 20.4. The average molecular weight is 399 g/mol. The fraction of sp³-hybridized carbons (Fsp3) is 0.562. The largest absolute Gasteiger partial charge is 0.465 e. The molecule has 2 aromatic heterocycles. The van der Waals surface area contributed by atoms with Crippen molar-refractivity contribution in [2.45, 2.75) is 18.4 Å². The van der Waals surface area contributed by atoms with Gasteiger partial charge in [0, 0.05) is 31.1 Å². The van der Waals surface area contributed by atoms with Crippen molar-refractivity contribution in [2.75, 3.05) is 44.3 Å². The zero-order valence-corrected chi connectivity index (χ0v) is 15.6. The van der Waals surface area contributed by atoms with Crippen molar-refractivity contribution in [1.29, 1.82) is 0 Å². The van der Waals surface area contributed by atoms with E-state index < -0.39 is 11.7 Å². The predicted octanol–water partition coefficient (Wildman–Crippen LogP) is 2.14. The fourth-order valence-electron chi connectivity index (χ4n) is 3.42. The van der Waals surface area contributed by atoms with Crippen LogP contribution in [-0.4, -0.2) is 70.6 Å². The molecule has 2 N–H and O–H groups in total. The lowest BCUT2D eigenvalue weighted by atomic mass is 9.90. The number of anilines is 1. The summed E-state index contributed by atoms with van der Waals surface area (Å²) >= 11 is 7.58. The number of hydrogen-bond donors (Lipinski definition) is 2. The highest BCUT2D eigenvalue weighted by atomic mass is 35.5. The van der Waals surface area contributed by atoms with E-state index in [-0.39, 0.29) is 5.28 Å². The highest BCUT2D eigenvalue weighted by Crippen LogP contribution is 2.42. The van der Waals surface area contributed by atoms with Gasteiger partial charge in [-0.1, -0.05) is 0 Å². The average Bonchev–Trinajstić information content (AvgIpc) is 3.07. The number of morpholine rings is 1. The van der Waals surface area contributed by atoms with Crippen LogP contribution in [0.1, 0.15) is 17.7 Å². The van der Waals surface area contributed by atoms with Gasteiger partial charge in [-0.25, -0.2) is 9.78 Å². The van der Waals surface area contributed by atoms with Gasteiger partial charge < -0.3 is 24.7 Å². The Labute approximate surface area is 159 Å². The molecule has 0 bridgehead atoms. The van der Waals surface area contributed by atoms with Gasteiger partial charge in [0.1, 0.15) is 5.60 Å². The molecule has 2 fully saturated rings. The summed E-state index contributed by atoms with van der Waals surface area (Å²) in [6.07, 6.45) is -0.226. The van der Waals surface area contributed by atoms with Gasteiger partial charge in [0.05, 0.1) is 23.4 Å². The van der Waals surface area contributed by atoms with Crippen molar-refractivity contribution >= 4 is 45.1 Å². The number of hydrogen-bond acceptors (Lipinski definition) is 7. The van der Waals surface area contributed by atoms with Crippen LogP contribution in [0.3, 0.4) is 0 Å². The van der Waals surface area contributed by atoms with Crippen LogP contribution in [0.25, 0.3) is 10.2 Å². The molecule has 4 rings (SSSR count). The number of piperidine rings is 1. The second kappa shape index (κ2) is 6.80. The second-order valence-corrected chi connectivity index (χ2v) is 7.93. The van der Waals surface area contributed by atoms with Gasteiger partial charge in [-0.05, 0) is 30.5 Å². The zero-order valence-electron chi connectivity index (χ0n) is 14.0. The maximum absolute atomic E-state index is 11.1.